The Hall–Kier alpha value is -4.17. The SMILES string of the molecule is CC(OC(=O)Nc1c(C#Cc2nc3oc(C4(C(=O)O)CC4)nc3o2)nsc1C1CC1)c1ccccc1. The van der Waals surface area contributed by atoms with Gasteiger partial charge < -0.3 is 18.7 Å². The Morgan fingerprint density at radius 3 is 2.58 bits per heavy atom. The lowest BCUT2D eigenvalue weighted by atomic mass is 10.1. The van der Waals surface area contributed by atoms with Crippen LogP contribution in [0.5, 0.6) is 0 Å². The Labute approximate surface area is 208 Å². The van der Waals surface area contributed by atoms with Crippen LogP contribution < -0.4 is 5.32 Å². The molecule has 2 N–H and O–H groups in total. The molecule has 10 nitrogen and oxygen atoms in total. The summed E-state index contributed by atoms with van der Waals surface area (Å²) in [4.78, 5) is 33.4. The molecular formula is C25H20N4O6S. The second-order valence-electron chi connectivity index (χ2n) is 8.91. The van der Waals surface area contributed by atoms with E-state index in [9.17, 15) is 14.7 Å². The predicted octanol–water partition coefficient (Wildman–Crippen LogP) is 4.98. The fraction of sp³-hybridized carbons (Fsp3) is 0.320. The second kappa shape index (κ2) is 8.49. The van der Waals surface area contributed by atoms with Crippen molar-refractivity contribution in [2.45, 2.75) is 50.0 Å². The van der Waals surface area contributed by atoms with Crippen LogP contribution in [0.1, 0.15) is 72.5 Å². The molecule has 2 saturated carbocycles. The standard InChI is InChI=1S/C25H20N4O6S/c1-13(14-5-3-2-4-6-14)33-24(32)27-18-16(29-36-19(18)15-7-8-15)9-10-17-26-20-21(34-17)28-22(35-20)25(11-12-25)23(30)31/h2-6,13,15H,7-8,11-12H2,1H3,(H,27,32)(H,30,31). The first-order valence-electron chi connectivity index (χ1n) is 11.5. The van der Waals surface area contributed by atoms with Gasteiger partial charge in [-0.1, -0.05) is 30.3 Å². The highest BCUT2D eigenvalue weighted by Crippen LogP contribution is 2.49. The molecule has 4 aromatic rings. The van der Waals surface area contributed by atoms with Gasteiger partial charge in [0.05, 0.1) is 10.6 Å². The molecule has 1 aromatic carbocycles. The van der Waals surface area contributed by atoms with Crippen molar-refractivity contribution in [3.8, 4) is 11.8 Å². The van der Waals surface area contributed by atoms with Gasteiger partial charge in [0, 0.05) is 5.92 Å². The third-order valence-corrected chi connectivity index (χ3v) is 7.29. The van der Waals surface area contributed by atoms with Crippen molar-refractivity contribution in [3.05, 3.63) is 58.2 Å². The summed E-state index contributed by atoms with van der Waals surface area (Å²) in [6.45, 7) is 1.81. The van der Waals surface area contributed by atoms with Gasteiger partial charge in [-0.05, 0) is 61.5 Å². The monoisotopic (exact) mass is 504 g/mol. The number of carboxylic acid groups (broad SMARTS) is 1. The first kappa shape index (κ1) is 22.3. The molecule has 3 aromatic heterocycles. The number of ether oxygens (including phenoxy) is 1. The molecule has 0 bridgehead atoms. The van der Waals surface area contributed by atoms with Gasteiger partial charge in [0.25, 0.3) is 17.3 Å². The van der Waals surface area contributed by atoms with Gasteiger partial charge in [-0.2, -0.15) is 14.3 Å². The summed E-state index contributed by atoms with van der Waals surface area (Å²) in [5.41, 5.74) is 0.915. The molecule has 0 saturated heterocycles. The van der Waals surface area contributed by atoms with E-state index in [0.717, 1.165) is 23.3 Å². The van der Waals surface area contributed by atoms with Gasteiger partial charge in [-0.3, -0.25) is 10.1 Å². The number of anilines is 1. The number of carbonyl (C=O) groups is 2. The van der Waals surface area contributed by atoms with Gasteiger partial charge in [0.2, 0.25) is 5.89 Å². The Morgan fingerprint density at radius 2 is 1.92 bits per heavy atom. The van der Waals surface area contributed by atoms with E-state index < -0.39 is 23.6 Å². The van der Waals surface area contributed by atoms with Gasteiger partial charge in [-0.15, -0.1) is 0 Å². The quantitative estimate of drug-likeness (QED) is 0.348. The average molecular weight is 505 g/mol. The van der Waals surface area contributed by atoms with Crippen molar-refractivity contribution in [3.63, 3.8) is 0 Å². The highest BCUT2D eigenvalue weighted by molar-refractivity contribution is 7.06. The lowest BCUT2D eigenvalue weighted by molar-refractivity contribution is -0.140. The third kappa shape index (κ3) is 4.09. The van der Waals surface area contributed by atoms with E-state index >= 15 is 0 Å². The van der Waals surface area contributed by atoms with Crippen LogP contribution in [0.4, 0.5) is 10.5 Å². The number of nitrogens with zero attached hydrogens (tertiary/aromatic N) is 3. The molecule has 0 aliphatic heterocycles. The number of nitrogens with one attached hydrogen (secondary N) is 1. The number of rotatable bonds is 6. The summed E-state index contributed by atoms with van der Waals surface area (Å²) < 4.78 is 21.1. The van der Waals surface area contributed by atoms with Crippen molar-refractivity contribution in [2.75, 3.05) is 5.32 Å². The highest BCUT2D eigenvalue weighted by atomic mass is 32.1. The van der Waals surface area contributed by atoms with Crippen molar-refractivity contribution in [2.24, 2.45) is 0 Å². The normalized spacial score (nSPS) is 16.7. The van der Waals surface area contributed by atoms with Crippen molar-refractivity contribution in [1.29, 1.82) is 0 Å². The molecule has 0 radical (unpaired) electrons. The maximum Gasteiger partial charge on any atom is 0.412 e. The molecule has 0 spiro atoms. The molecular weight excluding hydrogens is 484 g/mol. The summed E-state index contributed by atoms with van der Waals surface area (Å²) in [5, 5.41) is 12.2. The lowest BCUT2D eigenvalue weighted by Gasteiger charge is -2.14. The van der Waals surface area contributed by atoms with Crippen molar-refractivity contribution < 1.29 is 28.3 Å². The first-order valence-corrected chi connectivity index (χ1v) is 12.3. The lowest BCUT2D eigenvalue weighted by Crippen LogP contribution is -2.19. The summed E-state index contributed by atoms with van der Waals surface area (Å²) in [5.74, 6) is 5.22. The number of fused-ring (bicyclic) bond motifs is 1. The van der Waals surface area contributed by atoms with Crippen molar-refractivity contribution >= 4 is 40.7 Å². The smallest absolute Gasteiger partial charge is 0.412 e. The molecule has 1 atom stereocenters. The van der Waals surface area contributed by atoms with E-state index in [1.54, 1.807) is 0 Å². The molecule has 2 aliphatic rings. The number of amides is 1. The van der Waals surface area contributed by atoms with Gasteiger partial charge in [-0.25, -0.2) is 4.79 Å². The van der Waals surface area contributed by atoms with E-state index in [-0.39, 0.29) is 23.2 Å². The molecule has 3 heterocycles. The zero-order valence-electron chi connectivity index (χ0n) is 19.1. The summed E-state index contributed by atoms with van der Waals surface area (Å²) in [6, 6.07) is 9.47. The molecule has 2 aliphatic carbocycles. The van der Waals surface area contributed by atoms with E-state index in [4.69, 9.17) is 13.6 Å². The number of carboxylic acids is 1. The third-order valence-electron chi connectivity index (χ3n) is 6.28. The molecule has 2 fully saturated rings. The largest absolute Gasteiger partial charge is 0.480 e. The van der Waals surface area contributed by atoms with Crippen LogP contribution in [0.3, 0.4) is 0 Å². The van der Waals surface area contributed by atoms with E-state index in [1.807, 2.05) is 37.3 Å². The molecule has 36 heavy (non-hydrogen) atoms. The summed E-state index contributed by atoms with van der Waals surface area (Å²) >= 11 is 1.30. The summed E-state index contributed by atoms with van der Waals surface area (Å²) in [7, 11) is 0. The molecule has 6 rings (SSSR count). The number of carbonyl (C=O) groups excluding carboxylic acids is 1. The second-order valence-corrected chi connectivity index (χ2v) is 9.72. The zero-order chi connectivity index (χ0) is 24.9. The number of benzene rings is 1. The number of oxazole rings is 2. The molecule has 182 valence electrons. The minimum atomic E-state index is -1.08. The van der Waals surface area contributed by atoms with Gasteiger partial charge in [0.15, 0.2) is 5.69 Å². The molecule has 1 unspecified atom stereocenters. The van der Waals surface area contributed by atoms with Gasteiger partial charge >= 0.3 is 12.1 Å². The van der Waals surface area contributed by atoms with Gasteiger partial charge in [0.1, 0.15) is 11.5 Å². The Balaban J connectivity index is 1.21. The van der Waals surface area contributed by atoms with E-state index in [0.29, 0.717) is 30.1 Å². The maximum absolute atomic E-state index is 12.7. The van der Waals surface area contributed by atoms with Crippen LogP contribution in [0.2, 0.25) is 0 Å². The van der Waals surface area contributed by atoms with Crippen LogP contribution in [-0.2, 0) is 14.9 Å². The Bertz CT molecular complexity index is 1500. The van der Waals surface area contributed by atoms with Crippen LogP contribution in [0.15, 0.2) is 39.2 Å². The minimum absolute atomic E-state index is 0.0511. The van der Waals surface area contributed by atoms with E-state index in [2.05, 4.69) is 31.5 Å². The fourth-order valence-corrected chi connectivity index (χ4v) is 4.82. The number of aliphatic carboxylic acids is 1. The Morgan fingerprint density at radius 1 is 1.17 bits per heavy atom. The van der Waals surface area contributed by atoms with Crippen LogP contribution in [0, 0.1) is 11.8 Å². The van der Waals surface area contributed by atoms with Crippen LogP contribution in [-0.4, -0.2) is 31.5 Å². The predicted molar refractivity (Wildman–Crippen MR) is 128 cm³/mol. The maximum atomic E-state index is 12.7. The number of hydrogen-bond acceptors (Lipinski definition) is 9. The fourth-order valence-electron chi connectivity index (χ4n) is 3.87. The Kier molecular flexibility index (Phi) is 5.26. The summed E-state index contributed by atoms with van der Waals surface area (Å²) in [6.07, 6.45) is 1.98. The number of hydrogen-bond donors (Lipinski definition) is 2. The topological polar surface area (TPSA) is 141 Å². The average Bonchev–Trinajstić information content (AvgIpc) is 3.76. The van der Waals surface area contributed by atoms with Crippen LogP contribution in [0.25, 0.3) is 11.4 Å². The minimum Gasteiger partial charge on any atom is -0.480 e. The first-order chi connectivity index (χ1) is 17.4. The number of aromatic nitrogens is 3. The molecule has 1 amide bonds. The zero-order valence-corrected chi connectivity index (χ0v) is 19.9. The van der Waals surface area contributed by atoms with Crippen molar-refractivity contribution in [1.82, 2.24) is 14.3 Å². The highest BCUT2D eigenvalue weighted by Gasteiger charge is 2.56. The van der Waals surface area contributed by atoms with Crippen LogP contribution >= 0.6 is 11.5 Å². The van der Waals surface area contributed by atoms with E-state index in [1.165, 1.54) is 11.5 Å². The molecule has 11 heteroatoms.